The summed E-state index contributed by atoms with van der Waals surface area (Å²) < 4.78 is 0. The molecule has 22 heavy (non-hydrogen) atoms. The van der Waals surface area contributed by atoms with Crippen LogP contribution in [0.25, 0.3) is 0 Å². The third-order valence-electron chi connectivity index (χ3n) is 3.43. The number of rotatable bonds is 5. The zero-order valence-corrected chi connectivity index (χ0v) is 14.1. The zero-order chi connectivity index (χ0) is 15.5. The Balaban J connectivity index is 1.45. The van der Waals surface area contributed by atoms with Gasteiger partial charge in [-0.15, -0.1) is 11.3 Å². The number of carbonyl (C=O) groups excluding carboxylic acids is 1. The van der Waals surface area contributed by atoms with Gasteiger partial charge in [0.15, 0.2) is 5.13 Å². The standard InChI is InChI=1S/C15H15Cl2N3OS/c16-11-4-3-9(12(17)7-11)5-6-18-14(21)20-15-19-13(8-22-15)10-1-2-10/h3-4,7-8,10H,1-2,5-6H2,(H2,18,19,20,21). The number of halogens is 2. The number of benzene rings is 1. The monoisotopic (exact) mass is 355 g/mol. The molecule has 1 saturated carbocycles. The topological polar surface area (TPSA) is 54.0 Å². The van der Waals surface area contributed by atoms with Crippen molar-refractivity contribution in [1.82, 2.24) is 10.3 Å². The lowest BCUT2D eigenvalue weighted by Crippen LogP contribution is -2.30. The van der Waals surface area contributed by atoms with Gasteiger partial charge in [0.1, 0.15) is 0 Å². The van der Waals surface area contributed by atoms with Crippen molar-refractivity contribution < 1.29 is 4.79 Å². The molecule has 1 fully saturated rings. The van der Waals surface area contributed by atoms with Gasteiger partial charge in [-0.1, -0.05) is 29.3 Å². The average Bonchev–Trinajstić information content (AvgIpc) is 3.22. The van der Waals surface area contributed by atoms with Gasteiger partial charge in [0, 0.05) is 27.9 Å². The first-order valence-corrected chi connectivity index (χ1v) is 8.69. The molecule has 0 unspecified atom stereocenters. The Morgan fingerprint density at radius 2 is 2.18 bits per heavy atom. The van der Waals surface area contributed by atoms with Crippen molar-refractivity contribution in [3.05, 3.63) is 44.9 Å². The Labute approximate surface area is 142 Å². The van der Waals surface area contributed by atoms with Crippen molar-refractivity contribution in [2.24, 2.45) is 0 Å². The second kappa shape index (κ2) is 6.86. The number of nitrogens with zero attached hydrogens (tertiary/aromatic N) is 1. The van der Waals surface area contributed by atoms with E-state index in [0.29, 0.717) is 34.1 Å². The van der Waals surface area contributed by atoms with Gasteiger partial charge in [-0.05, 0) is 37.0 Å². The molecule has 2 N–H and O–H groups in total. The molecule has 116 valence electrons. The SMILES string of the molecule is O=C(NCCc1ccc(Cl)cc1Cl)Nc1nc(C2CC2)cs1. The summed E-state index contributed by atoms with van der Waals surface area (Å²) in [4.78, 5) is 16.2. The normalized spacial score (nSPS) is 13.9. The molecule has 2 amide bonds. The van der Waals surface area contributed by atoms with E-state index in [2.05, 4.69) is 15.6 Å². The van der Waals surface area contributed by atoms with Gasteiger partial charge in [-0.2, -0.15) is 0 Å². The summed E-state index contributed by atoms with van der Waals surface area (Å²) in [5, 5.41) is 9.44. The molecule has 0 saturated heterocycles. The first-order valence-electron chi connectivity index (χ1n) is 7.06. The second-order valence-corrected chi connectivity index (χ2v) is 6.92. The maximum Gasteiger partial charge on any atom is 0.321 e. The van der Waals surface area contributed by atoms with E-state index >= 15 is 0 Å². The van der Waals surface area contributed by atoms with E-state index in [0.717, 1.165) is 11.3 Å². The van der Waals surface area contributed by atoms with Crippen molar-refractivity contribution in [1.29, 1.82) is 0 Å². The predicted molar refractivity (Wildman–Crippen MR) is 91.3 cm³/mol. The number of carbonyl (C=O) groups is 1. The van der Waals surface area contributed by atoms with Crippen LogP contribution in [0.1, 0.15) is 30.0 Å². The molecule has 4 nitrogen and oxygen atoms in total. The van der Waals surface area contributed by atoms with E-state index in [1.165, 1.54) is 24.2 Å². The Morgan fingerprint density at radius 3 is 2.91 bits per heavy atom. The van der Waals surface area contributed by atoms with Crippen LogP contribution in [0.15, 0.2) is 23.6 Å². The minimum Gasteiger partial charge on any atom is -0.337 e. The molecule has 1 aromatic carbocycles. The second-order valence-electron chi connectivity index (χ2n) is 5.22. The molecule has 7 heteroatoms. The predicted octanol–water partition coefficient (Wildman–Crippen LogP) is 4.69. The molecule has 1 aliphatic rings. The lowest BCUT2D eigenvalue weighted by Gasteiger charge is -2.07. The number of urea groups is 1. The first kappa shape index (κ1) is 15.6. The van der Waals surface area contributed by atoms with Gasteiger partial charge in [0.05, 0.1) is 5.69 Å². The van der Waals surface area contributed by atoms with Crippen LogP contribution < -0.4 is 10.6 Å². The Hall–Kier alpha value is -1.30. The molecule has 1 aliphatic carbocycles. The van der Waals surface area contributed by atoms with Gasteiger partial charge >= 0.3 is 6.03 Å². The highest BCUT2D eigenvalue weighted by Crippen LogP contribution is 2.40. The molecular weight excluding hydrogens is 341 g/mol. The van der Waals surface area contributed by atoms with E-state index in [-0.39, 0.29) is 6.03 Å². The minimum absolute atomic E-state index is 0.248. The molecule has 3 rings (SSSR count). The average molecular weight is 356 g/mol. The highest BCUT2D eigenvalue weighted by molar-refractivity contribution is 7.13. The number of hydrogen-bond donors (Lipinski definition) is 2. The van der Waals surface area contributed by atoms with E-state index in [1.54, 1.807) is 12.1 Å². The third-order valence-corrected chi connectivity index (χ3v) is 4.80. The molecule has 2 aromatic rings. The van der Waals surface area contributed by atoms with Gasteiger partial charge in [-0.3, -0.25) is 5.32 Å². The lowest BCUT2D eigenvalue weighted by molar-refractivity contribution is 0.252. The summed E-state index contributed by atoms with van der Waals surface area (Å²) in [7, 11) is 0. The van der Waals surface area contributed by atoms with Crippen LogP contribution in [0.2, 0.25) is 10.0 Å². The van der Waals surface area contributed by atoms with Crippen LogP contribution in [0.5, 0.6) is 0 Å². The summed E-state index contributed by atoms with van der Waals surface area (Å²) in [6.45, 7) is 0.494. The van der Waals surface area contributed by atoms with Crippen LogP contribution in [0.3, 0.4) is 0 Å². The van der Waals surface area contributed by atoms with Crippen molar-refractivity contribution in [3.8, 4) is 0 Å². The Morgan fingerprint density at radius 1 is 1.36 bits per heavy atom. The van der Waals surface area contributed by atoms with Crippen molar-refractivity contribution in [3.63, 3.8) is 0 Å². The number of amides is 2. The number of thiazole rings is 1. The molecule has 1 aromatic heterocycles. The van der Waals surface area contributed by atoms with Gasteiger partial charge in [0.2, 0.25) is 0 Å². The Kier molecular flexibility index (Phi) is 4.86. The smallest absolute Gasteiger partial charge is 0.321 e. The fraction of sp³-hybridized carbons (Fsp3) is 0.333. The van der Waals surface area contributed by atoms with Gasteiger partial charge in [0.25, 0.3) is 0 Å². The summed E-state index contributed by atoms with van der Waals surface area (Å²) in [5.41, 5.74) is 2.05. The molecule has 0 atom stereocenters. The molecule has 0 aliphatic heterocycles. The maximum absolute atomic E-state index is 11.8. The van der Waals surface area contributed by atoms with Crippen LogP contribution >= 0.6 is 34.5 Å². The largest absolute Gasteiger partial charge is 0.337 e. The Bertz CT molecular complexity index is 685. The maximum atomic E-state index is 11.8. The van der Waals surface area contributed by atoms with E-state index in [9.17, 15) is 4.79 Å². The third kappa shape index (κ3) is 4.12. The van der Waals surface area contributed by atoms with Crippen LogP contribution in [-0.2, 0) is 6.42 Å². The molecule has 0 bridgehead atoms. The summed E-state index contributed by atoms with van der Waals surface area (Å²) >= 11 is 13.4. The summed E-state index contributed by atoms with van der Waals surface area (Å²) in [5.74, 6) is 0.599. The summed E-state index contributed by atoms with van der Waals surface area (Å²) in [6.07, 6.45) is 3.06. The van der Waals surface area contributed by atoms with Crippen molar-refractivity contribution in [2.45, 2.75) is 25.2 Å². The number of anilines is 1. The first-order chi connectivity index (χ1) is 10.6. The minimum atomic E-state index is -0.248. The summed E-state index contributed by atoms with van der Waals surface area (Å²) in [6, 6.07) is 5.11. The van der Waals surface area contributed by atoms with Crippen LogP contribution in [0, 0.1) is 0 Å². The molecule has 1 heterocycles. The fourth-order valence-electron chi connectivity index (χ4n) is 2.09. The number of nitrogens with one attached hydrogen (secondary N) is 2. The quantitative estimate of drug-likeness (QED) is 0.817. The van der Waals surface area contributed by atoms with Gasteiger partial charge in [-0.25, -0.2) is 9.78 Å². The lowest BCUT2D eigenvalue weighted by atomic mass is 10.1. The van der Waals surface area contributed by atoms with E-state index in [4.69, 9.17) is 23.2 Å². The number of hydrogen-bond acceptors (Lipinski definition) is 3. The molecular formula is C15H15Cl2N3OS. The molecule has 0 spiro atoms. The molecule has 0 radical (unpaired) electrons. The number of aromatic nitrogens is 1. The van der Waals surface area contributed by atoms with E-state index in [1.807, 2.05) is 11.4 Å². The highest BCUT2D eigenvalue weighted by atomic mass is 35.5. The highest BCUT2D eigenvalue weighted by Gasteiger charge is 2.26. The van der Waals surface area contributed by atoms with Crippen molar-refractivity contribution >= 4 is 45.7 Å². The fourth-order valence-corrected chi connectivity index (χ4v) is 3.38. The van der Waals surface area contributed by atoms with E-state index < -0.39 is 0 Å². The van der Waals surface area contributed by atoms with Crippen LogP contribution in [0.4, 0.5) is 9.93 Å². The van der Waals surface area contributed by atoms with Crippen LogP contribution in [-0.4, -0.2) is 17.6 Å². The van der Waals surface area contributed by atoms with Crippen molar-refractivity contribution in [2.75, 3.05) is 11.9 Å². The zero-order valence-electron chi connectivity index (χ0n) is 11.7. The van der Waals surface area contributed by atoms with Gasteiger partial charge < -0.3 is 5.32 Å².